The van der Waals surface area contributed by atoms with Crippen LogP contribution in [0, 0.1) is 6.92 Å². The average molecular weight is 399 g/mol. The maximum Gasteiger partial charge on any atom is 0.192 e. The normalized spacial score (nSPS) is 12.8. The summed E-state index contributed by atoms with van der Waals surface area (Å²) >= 11 is 1.70. The Balaban J connectivity index is 1.58. The zero-order valence-corrected chi connectivity index (χ0v) is 17.0. The van der Waals surface area contributed by atoms with Crippen molar-refractivity contribution in [3.63, 3.8) is 0 Å². The van der Waals surface area contributed by atoms with Gasteiger partial charge in [-0.1, -0.05) is 36.4 Å². The molecule has 2 heterocycles. The summed E-state index contributed by atoms with van der Waals surface area (Å²) in [6.45, 7) is 3.64. The van der Waals surface area contributed by atoms with Gasteiger partial charge in [0.2, 0.25) is 0 Å². The van der Waals surface area contributed by atoms with Crippen LogP contribution in [-0.4, -0.2) is 32.4 Å². The molecule has 7 nitrogen and oxygen atoms in total. The van der Waals surface area contributed by atoms with E-state index in [0.717, 1.165) is 17.2 Å². The lowest BCUT2D eigenvalue weighted by atomic mass is 10.1. The smallest absolute Gasteiger partial charge is 0.192 e. The van der Waals surface area contributed by atoms with E-state index in [2.05, 4.69) is 37.3 Å². The Kier molecular flexibility index (Phi) is 7.16. The Morgan fingerprint density at radius 1 is 1.18 bits per heavy atom. The van der Waals surface area contributed by atoms with Gasteiger partial charge in [-0.25, -0.2) is 4.99 Å². The quantitative estimate of drug-likeness (QED) is 0.401. The van der Waals surface area contributed by atoms with Crippen LogP contribution in [0.5, 0.6) is 0 Å². The highest BCUT2D eigenvalue weighted by molar-refractivity contribution is 7.09. The number of benzene rings is 1. The molecule has 1 aromatic carbocycles. The predicted octanol–water partition coefficient (Wildman–Crippen LogP) is 2.54. The van der Waals surface area contributed by atoms with Crippen molar-refractivity contribution in [3.05, 3.63) is 69.9 Å². The molecule has 0 amide bonds. The molecule has 0 aliphatic carbocycles. The summed E-state index contributed by atoms with van der Waals surface area (Å²) in [5.74, 6) is 2.35. The molecule has 148 valence electrons. The summed E-state index contributed by atoms with van der Waals surface area (Å²) in [4.78, 5) is 5.86. The largest absolute Gasteiger partial charge is 0.388 e. The maximum atomic E-state index is 10.3. The van der Waals surface area contributed by atoms with Gasteiger partial charge in [0.15, 0.2) is 11.8 Å². The molecule has 0 aliphatic heterocycles. The minimum Gasteiger partial charge on any atom is -0.388 e. The maximum absolute atomic E-state index is 10.3. The van der Waals surface area contributed by atoms with Gasteiger partial charge in [-0.15, -0.1) is 21.5 Å². The first-order valence-electron chi connectivity index (χ1n) is 9.26. The standard InChI is InChI=1S/C20H26N6OS/c1-15-24-25-19(26(15)2)14-23-20(22-13-17-9-6-12-28-17)21-11-10-18(27)16-7-4-3-5-8-16/h3-9,12,18,27H,10-11,13-14H2,1-2H3,(H2,21,22,23). The number of hydrogen-bond donors (Lipinski definition) is 3. The first kappa shape index (κ1) is 20.0. The Bertz CT molecular complexity index is 876. The number of nitrogens with one attached hydrogen (secondary N) is 2. The minimum absolute atomic E-state index is 0.429. The molecule has 0 aliphatic rings. The number of aliphatic hydroxyl groups excluding tert-OH is 1. The minimum atomic E-state index is -0.506. The summed E-state index contributed by atoms with van der Waals surface area (Å²) < 4.78 is 1.93. The molecule has 2 aromatic heterocycles. The fourth-order valence-electron chi connectivity index (χ4n) is 2.67. The summed E-state index contributed by atoms with van der Waals surface area (Å²) in [5.41, 5.74) is 0.920. The molecule has 0 radical (unpaired) electrons. The van der Waals surface area contributed by atoms with Crippen LogP contribution in [0.3, 0.4) is 0 Å². The lowest BCUT2D eigenvalue weighted by Crippen LogP contribution is -2.37. The van der Waals surface area contributed by atoms with Crippen LogP contribution in [0.4, 0.5) is 0 Å². The molecule has 0 spiro atoms. The number of aromatic nitrogens is 3. The van der Waals surface area contributed by atoms with Crippen molar-refractivity contribution in [2.75, 3.05) is 6.54 Å². The third-order valence-electron chi connectivity index (χ3n) is 4.47. The van der Waals surface area contributed by atoms with E-state index in [-0.39, 0.29) is 0 Å². The van der Waals surface area contributed by atoms with Crippen LogP contribution >= 0.6 is 11.3 Å². The third kappa shape index (κ3) is 5.64. The highest BCUT2D eigenvalue weighted by Gasteiger charge is 2.09. The number of rotatable bonds is 8. The number of thiophene rings is 1. The zero-order valence-electron chi connectivity index (χ0n) is 16.2. The fraction of sp³-hybridized carbons (Fsp3) is 0.350. The first-order chi connectivity index (χ1) is 13.6. The highest BCUT2D eigenvalue weighted by atomic mass is 32.1. The van der Waals surface area contributed by atoms with Gasteiger partial charge in [0.25, 0.3) is 0 Å². The fourth-order valence-corrected chi connectivity index (χ4v) is 3.31. The predicted molar refractivity (Wildman–Crippen MR) is 112 cm³/mol. The van der Waals surface area contributed by atoms with E-state index >= 15 is 0 Å². The van der Waals surface area contributed by atoms with Crippen LogP contribution in [0.2, 0.25) is 0 Å². The molecule has 0 bridgehead atoms. The molecule has 1 atom stereocenters. The molecule has 0 saturated carbocycles. The van der Waals surface area contributed by atoms with Gasteiger partial charge in [-0.05, 0) is 30.4 Å². The average Bonchev–Trinajstić information content (AvgIpc) is 3.35. The second kappa shape index (κ2) is 10.0. The van der Waals surface area contributed by atoms with E-state index in [1.807, 2.05) is 54.9 Å². The summed E-state index contributed by atoms with van der Waals surface area (Å²) in [6, 6.07) is 13.8. The Morgan fingerprint density at radius 2 is 2.00 bits per heavy atom. The van der Waals surface area contributed by atoms with Crippen molar-refractivity contribution in [1.82, 2.24) is 25.4 Å². The molecular weight excluding hydrogens is 372 g/mol. The van der Waals surface area contributed by atoms with Crippen molar-refractivity contribution in [1.29, 1.82) is 0 Å². The monoisotopic (exact) mass is 398 g/mol. The zero-order chi connectivity index (χ0) is 19.8. The molecule has 3 N–H and O–H groups in total. The molecule has 1 unspecified atom stereocenters. The number of guanidine groups is 1. The van der Waals surface area contributed by atoms with Crippen molar-refractivity contribution in [3.8, 4) is 0 Å². The number of hydrogen-bond acceptors (Lipinski definition) is 5. The Morgan fingerprint density at radius 3 is 2.68 bits per heavy atom. The third-order valence-corrected chi connectivity index (χ3v) is 5.34. The summed E-state index contributed by atoms with van der Waals surface area (Å²) in [7, 11) is 1.93. The van der Waals surface area contributed by atoms with Gasteiger partial charge >= 0.3 is 0 Å². The van der Waals surface area contributed by atoms with Crippen LogP contribution in [-0.2, 0) is 20.1 Å². The molecular formula is C20H26N6OS. The van der Waals surface area contributed by atoms with Crippen LogP contribution in [0.25, 0.3) is 0 Å². The van der Waals surface area contributed by atoms with Crippen molar-refractivity contribution in [2.45, 2.75) is 32.5 Å². The van der Waals surface area contributed by atoms with E-state index in [1.165, 1.54) is 4.88 Å². The molecule has 0 saturated heterocycles. The molecule has 28 heavy (non-hydrogen) atoms. The SMILES string of the molecule is Cc1nnc(CN=C(NCCC(O)c2ccccc2)NCc2cccs2)n1C. The van der Waals surface area contributed by atoms with E-state index in [1.54, 1.807) is 11.3 Å². The van der Waals surface area contributed by atoms with E-state index in [4.69, 9.17) is 0 Å². The first-order valence-corrected chi connectivity index (χ1v) is 10.1. The topological polar surface area (TPSA) is 87.4 Å². The van der Waals surface area contributed by atoms with E-state index in [9.17, 15) is 5.11 Å². The molecule has 3 rings (SSSR count). The molecule has 0 fully saturated rings. The van der Waals surface area contributed by atoms with Gasteiger partial charge in [0, 0.05) is 18.5 Å². The number of aryl methyl sites for hydroxylation is 1. The van der Waals surface area contributed by atoms with Crippen molar-refractivity contribution in [2.24, 2.45) is 12.0 Å². The van der Waals surface area contributed by atoms with Gasteiger partial charge in [0.1, 0.15) is 12.4 Å². The summed E-state index contributed by atoms with van der Waals surface area (Å²) in [5, 5.41) is 27.3. The highest BCUT2D eigenvalue weighted by Crippen LogP contribution is 2.15. The van der Waals surface area contributed by atoms with Gasteiger partial charge < -0.3 is 20.3 Å². The summed E-state index contributed by atoms with van der Waals surface area (Å²) in [6.07, 6.45) is 0.0842. The lowest BCUT2D eigenvalue weighted by Gasteiger charge is -2.15. The number of aliphatic imine (C=N–C) groups is 1. The van der Waals surface area contributed by atoms with E-state index in [0.29, 0.717) is 32.0 Å². The van der Waals surface area contributed by atoms with Crippen LogP contribution < -0.4 is 10.6 Å². The second-order valence-electron chi connectivity index (χ2n) is 6.46. The van der Waals surface area contributed by atoms with Crippen molar-refractivity contribution < 1.29 is 5.11 Å². The lowest BCUT2D eigenvalue weighted by molar-refractivity contribution is 0.168. The van der Waals surface area contributed by atoms with E-state index < -0.39 is 6.10 Å². The Labute approximate surface area is 169 Å². The molecule has 3 aromatic rings. The molecule has 8 heteroatoms. The van der Waals surface area contributed by atoms with Gasteiger partial charge in [-0.2, -0.15) is 0 Å². The number of nitrogens with zero attached hydrogens (tertiary/aromatic N) is 4. The van der Waals surface area contributed by atoms with Crippen LogP contribution in [0.15, 0.2) is 52.8 Å². The Hall–Kier alpha value is -2.71. The van der Waals surface area contributed by atoms with Crippen LogP contribution in [0.1, 0.15) is 34.6 Å². The second-order valence-corrected chi connectivity index (χ2v) is 7.49. The van der Waals surface area contributed by atoms with Gasteiger partial charge in [0.05, 0.1) is 12.6 Å². The number of aliphatic hydroxyl groups is 1. The van der Waals surface area contributed by atoms with Crippen molar-refractivity contribution >= 4 is 17.3 Å². The van der Waals surface area contributed by atoms with Gasteiger partial charge in [-0.3, -0.25) is 0 Å².